The number of carbonyl (C=O) groups excluding carboxylic acids is 1. The number of nitrogens with one attached hydrogen (secondary N) is 2. The van der Waals surface area contributed by atoms with Crippen LogP contribution in [0.4, 0.5) is 10.8 Å². The van der Waals surface area contributed by atoms with Crippen LogP contribution in [0.2, 0.25) is 0 Å². The molecule has 1 aromatic carbocycles. The summed E-state index contributed by atoms with van der Waals surface area (Å²) in [4.78, 5) is 19.6. The predicted octanol–water partition coefficient (Wildman–Crippen LogP) is 6.53. The second-order valence-electron chi connectivity index (χ2n) is 7.09. The molecule has 0 aliphatic rings. The van der Waals surface area contributed by atoms with Crippen molar-refractivity contribution in [2.75, 3.05) is 16.9 Å². The van der Waals surface area contributed by atoms with E-state index in [2.05, 4.69) is 52.2 Å². The van der Waals surface area contributed by atoms with Crippen LogP contribution in [0, 0.1) is 13.8 Å². The number of furan rings is 1. The zero-order valence-electron chi connectivity index (χ0n) is 17.5. The topological polar surface area (TPSA) is 67.2 Å². The molecule has 1 amide bonds. The van der Waals surface area contributed by atoms with Crippen LogP contribution < -0.4 is 10.6 Å². The third-order valence-electron chi connectivity index (χ3n) is 4.80. The first-order chi connectivity index (χ1) is 15.0. The number of aromatic nitrogens is 1. The number of hydrogen-bond acceptors (Lipinski definition) is 6. The Morgan fingerprint density at radius 2 is 1.90 bits per heavy atom. The average molecular weight is 450 g/mol. The smallest absolute Gasteiger partial charge is 0.291 e. The Kier molecular flexibility index (Phi) is 6.44. The van der Waals surface area contributed by atoms with E-state index in [9.17, 15) is 4.79 Å². The molecule has 0 fully saturated rings. The zero-order valence-corrected chi connectivity index (χ0v) is 19.1. The fourth-order valence-electron chi connectivity index (χ4n) is 3.33. The quantitative estimate of drug-likeness (QED) is 0.314. The predicted molar refractivity (Wildman–Crippen MR) is 128 cm³/mol. The van der Waals surface area contributed by atoms with Crippen molar-refractivity contribution in [1.82, 2.24) is 4.98 Å². The van der Waals surface area contributed by atoms with Crippen LogP contribution in [0.15, 0.2) is 76.2 Å². The number of benzene rings is 1. The standard InChI is InChI=1S/C24H23N3O2S2/c1-15-6-4-8-21(25-15)26-22(17-9-11-18(30-3)12-10-17)19-14-16(2)31-24(19)27-23(28)20-7-5-13-29-20/h4-14,22H,1-3H3,(H,25,26)(H,27,28)/t22-/m1/s1. The van der Waals surface area contributed by atoms with Crippen molar-refractivity contribution < 1.29 is 9.21 Å². The first-order valence-corrected chi connectivity index (χ1v) is 11.9. The van der Waals surface area contributed by atoms with E-state index in [1.165, 1.54) is 11.2 Å². The largest absolute Gasteiger partial charge is 0.459 e. The molecule has 0 saturated carbocycles. The highest BCUT2D eigenvalue weighted by molar-refractivity contribution is 7.98. The van der Waals surface area contributed by atoms with E-state index in [1.807, 2.05) is 32.0 Å². The molecule has 158 valence electrons. The molecule has 0 bridgehead atoms. The van der Waals surface area contributed by atoms with Gasteiger partial charge in [-0.05, 0) is 68.1 Å². The molecule has 4 aromatic rings. The first kappa shape index (κ1) is 21.2. The minimum absolute atomic E-state index is 0.179. The van der Waals surface area contributed by atoms with Crippen molar-refractivity contribution >= 4 is 39.8 Å². The lowest BCUT2D eigenvalue weighted by atomic mass is 10.00. The summed E-state index contributed by atoms with van der Waals surface area (Å²) in [5, 5.41) is 7.38. The van der Waals surface area contributed by atoms with Gasteiger partial charge in [-0.15, -0.1) is 23.1 Å². The molecule has 3 heterocycles. The third kappa shape index (κ3) is 5.00. The van der Waals surface area contributed by atoms with Crippen molar-refractivity contribution in [3.63, 3.8) is 0 Å². The number of thiophene rings is 1. The lowest BCUT2D eigenvalue weighted by Gasteiger charge is -2.21. The van der Waals surface area contributed by atoms with Gasteiger partial charge in [0.25, 0.3) is 5.91 Å². The van der Waals surface area contributed by atoms with Crippen LogP contribution in [0.3, 0.4) is 0 Å². The van der Waals surface area contributed by atoms with E-state index in [0.29, 0.717) is 0 Å². The Morgan fingerprint density at radius 1 is 1.10 bits per heavy atom. The van der Waals surface area contributed by atoms with Gasteiger partial charge in [0.05, 0.1) is 12.3 Å². The van der Waals surface area contributed by atoms with Crippen molar-refractivity contribution in [3.05, 3.63) is 94.4 Å². The molecule has 3 aromatic heterocycles. The normalized spacial score (nSPS) is 11.8. The molecule has 5 nitrogen and oxygen atoms in total. The summed E-state index contributed by atoms with van der Waals surface area (Å²) in [6.45, 7) is 4.01. The fourth-order valence-corrected chi connectivity index (χ4v) is 4.68. The van der Waals surface area contributed by atoms with Gasteiger partial charge >= 0.3 is 0 Å². The van der Waals surface area contributed by atoms with Gasteiger partial charge in [0.2, 0.25) is 0 Å². The van der Waals surface area contributed by atoms with E-state index in [-0.39, 0.29) is 17.7 Å². The van der Waals surface area contributed by atoms with Crippen LogP contribution in [0.5, 0.6) is 0 Å². The molecular formula is C24H23N3O2S2. The van der Waals surface area contributed by atoms with Crippen molar-refractivity contribution in [2.24, 2.45) is 0 Å². The number of carbonyl (C=O) groups is 1. The molecule has 31 heavy (non-hydrogen) atoms. The Labute approximate surface area is 189 Å². The monoisotopic (exact) mass is 449 g/mol. The lowest BCUT2D eigenvalue weighted by Crippen LogP contribution is -2.17. The first-order valence-electron chi connectivity index (χ1n) is 9.83. The zero-order chi connectivity index (χ0) is 21.8. The van der Waals surface area contributed by atoms with Crippen LogP contribution >= 0.6 is 23.1 Å². The Bertz CT molecular complexity index is 1170. The SMILES string of the molecule is CSc1ccc([C@@H](Nc2cccc(C)n2)c2cc(C)sc2NC(=O)c2ccco2)cc1. The molecule has 7 heteroatoms. The molecular weight excluding hydrogens is 426 g/mol. The highest BCUT2D eigenvalue weighted by Crippen LogP contribution is 2.38. The van der Waals surface area contributed by atoms with Crippen LogP contribution in [-0.2, 0) is 0 Å². The molecule has 1 atom stereocenters. The highest BCUT2D eigenvalue weighted by Gasteiger charge is 2.23. The van der Waals surface area contributed by atoms with E-state index < -0.39 is 0 Å². The molecule has 0 aliphatic heterocycles. The van der Waals surface area contributed by atoms with Crippen molar-refractivity contribution in [3.8, 4) is 0 Å². The van der Waals surface area contributed by atoms with E-state index in [0.717, 1.165) is 32.5 Å². The number of hydrogen-bond donors (Lipinski definition) is 2. The Balaban J connectivity index is 1.73. The van der Waals surface area contributed by atoms with Gasteiger partial charge in [-0.25, -0.2) is 4.98 Å². The highest BCUT2D eigenvalue weighted by atomic mass is 32.2. The summed E-state index contributed by atoms with van der Waals surface area (Å²) >= 11 is 3.25. The van der Waals surface area contributed by atoms with Gasteiger partial charge in [-0.2, -0.15) is 0 Å². The summed E-state index contributed by atoms with van der Waals surface area (Å²) in [5.74, 6) is 0.801. The summed E-state index contributed by atoms with van der Waals surface area (Å²) in [5.41, 5.74) is 3.02. The van der Waals surface area contributed by atoms with Gasteiger partial charge in [0.1, 0.15) is 10.8 Å². The van der Waals surface area contributed by atoms with Crippen LogP contribution in [-0.4, -0.2) is 17.1 Å². The number of aryl methyl sites for hydroxylation is 2. The molecule has 0 spiro atoms. The number of nitrogens with zero attached hydrogens (tertiary/aromatic N) is 1. The van der Waals surface area contributed by atoms with Gasteiger partial charge < -0.3 is 15.1 Å². The van der Waals surface area contributed by atoms with Crippen molar-refractivity contribution in [1.29, 1.82) is 0 Å². The number of anilines is 2. The minimum atomic E-state index is -0.265. The fraction of sp³-hybridized carbons (Fsp3) is 0.167. The Hall–Kier alpha value is -3.03. The van der Waals surface area contributed by atoms with E-state index in [4.69, 9.17) is 4.42 Å². The Morgan fingerprint density at radius 3 is 2.58 bits per heavy atom. The van der Waals surface area contributed by atoms with Crippen LogP contribution in [0.1, 0.15) is 38.3 Å². The molecule has 0 radical (unpaired) electrons. The van der Waals surface area contributed by atoms with Gasteiger partial charge in [0.15, 0.2) is 5.76 Å². The molecule has 0 unspecified atom stereocenters. The maximum atomic E-state index is 12.6. The average Bonchev–Trinajstić information content (AvgIpc) is 3.42. The van der Waals surface area contributed by atoms with Gasteiger partial charge in [0, 0.05) is 21.0 Å². The molecule has 0 saturated heterocycles. The molecule has 0 aliphatic carbocycles. The van der Waals surface area contributed by atoms with Crippen molar-refractivity contribution in [2.45, 2.75) is 24.8 Å². The maximum Gasteiger partial charge on any atom is 0.291 e. The number of pyridine rings is 1. The molecule has 4 rings (SSSR count). The van der Waals surface area contributed by atoms with Gasteiger partial charge in [-0.3, -0.25) is 4.79 Å². The lowest BCUT2D eigenvalue weighted by molar-refractivity contribution is 0.0997. The van der Waals surface area contributed by atoms with Gasteiger partial charge in [-0.1, -0.05) is 18.2 Å². The maximum absolute atomic E-state index is 12.6. The summed E-state index contributed by atoms with van der Waals surface area (Å²) in [6.07, 6.45) is 3.56. The summed E-state index contributed by atoms with van der Waals surface area (Å²) < 4.78 is 5.26. The van der Waals surface area contributed by atoms with E-state index in [1.54, 1.807) is 35.2 Å². The second kappa shape index (κ2) is 9.41. The molecule has 2 N–H and O–H groups in total. The number of amides is 1. The summed E-state index contributed by atoms with van der Waals surface area (Å²) in [6, 6.07) is 19.6. The summed E-state index contributed by atoms with van der Waals surface area (Å²) in [7, 11) is 0. The number of thioether (sulfide) groups is 1. The second-order valence-corrected chi connectivity index (χ2v) is 9.22. The van der Waals surface area contributed by atoms with E-state index >= 15 is 0 Å². The van der Waals surface area contributed by atoms with Crippen LogP contribution in [0.25, 0.3) is 0 Å². The number of rotatable bonds is 7. The minimum Gasteiger partial charge on any atom is -0.459 e. The third-order valence-corrected chi connectivity index (χ3v) is 6.52.